The van der Waals surface area contributed by atoms with E-state index in [0.29, 0.717) is 13.0 Å². The maximum atomic E-state index is 10.8. The van der Waals surface area contributed by atoms with E-state index >= 15 is 0 Å². The number of hydrogen-bond donors (Lipinski definition) is 0. The van der Waals surface area contributed by atoms with Crippen LogP contribution in [-0.2, 0) is 10.1 Å². The maximum Gasteiger partial charge on any atom is 1.00 e. The fraction of sp³-hybridized carbons (Fsp3) is 0.250. The Morgan fingerprint density at radius 2 is 1.78 bits per heavy atom. The quantitative estimate of drug-likeness (QED) is 0.590. The second kappa shape index (κ2) is 7.59. The predicted octanol–water partition coefficient (Wildman–Crippen LogP) is 0.537. The minimum Gasteiger partial charge on any atom is -0.748 e. The average Bonchev–Trinajstić information content (AvgIpc) is 2.46. The first-order chi connectivity index (χ1) is 10.4. The molecule has 0 fully saturated rings. The van der Waals surface area contributed by atoms with E-state index in [0.717, 1.165) is 26.7 Å². The molecule has 0 aromatic heterocycles. The minimum atomic E-state index is -4.17. The Balaban J connectivity index is 0.00000192. The van der Waals surface area contributed by atoms with Gasteiger partial charge < -0.3 is 9.45 Å². The third-order valence-electron chi connectivity index (χ3n) is 3.56. The van der Waals surface area contributed by atoms with Gasteiger partial charge in [0.1, 0.15) is 0 Å². The molecule has 0 radical (unpaired) electrons. The molecule has 0 saturated carbocycles. The number of benzene rings is 2. The van der Waals surface area contributed by atoms with E-state index in [1.807, 2.05) is 25.1 Å². The summed E-state index contributed by atoms with van der Waals surface area (Å²) >= 11 is 1.71. The molecule has 1 aliphatic heterocycles. The van der Waals surface area contributed by atoms with Gasteiger partial charge >= 0.3 is 29.6 Å². The third kappa shape index (κ3) is 4.53. The molecule has 1 aliphatic rings. The summed E-state index contributed by atoms with van der Waals surface area (Å²) in [4.78, 5) is 4.40. The van der Waals surface area contributed by atoms with Crippen molar-refractivity contribution in [3.63, 3.8) is 0 Å². The molecule has 23 heavy (non-hydrogen) atoms. The molecule has 3 rings (SSSR count). The fourth-order valence-corrected chi connectivity index (χ4v) is 4.14. The van der Waals surface area contributed by atoms with E-state index in [-0.39, 0.29) is 35.3 Å². The molecule has 2 aromatic carbocycles. The van der Waals surface area contributed by atoms with Crippen LogP contribution in [-0.4, -0.2) is 25.3 Å². The molecule has 0 bridgehead atoms. The SMILES string of the molecule is Cc1ccc2c(c1)N(CCCS(=O)(=O)[O-])c1ccccc1S2.[Na+]. The number of fused-ring (bicyclic) bond motifs is 2. The molecular formula is C16H16NNaO3S2. The first-order valence-electron chi connectivity index (χ1n) is 7.03. The van der Waals surface area contributed by atoms with Gasteiger partial charge in [0, 0.05) is 22.1 Å². The predicted molar refractivity (Wildman–Crippen MR) is 87.9 cm³/mol. The molecule has 0 aliphatic carbocycles. The average molecular weight is 357 g/mol. The zero-order chi connectivity index (χ0) is 15.7. The van der Waals surface area contributed by atoms with Gasteiger partial charge in [-0.15, -0.1) is 0 Å². The number of hydrogen-bond acceptors (Lipinski definition) is 5. The first-order valence-corrected chi connectivity index (χ1v) is 9.42. The largest absolute Gasteiger partial charge is 1.00 e. The second-order valence-corrected chi connectivity index (χ2v) is 7.92. The summed E-state index contributed by atoms with van der Waals surface area (Å²) in [6.45, 7) is 2.54. The normalized spacial score (nSPS) is 13.0. The van der Waals surface area contributed by atoms with Crippen molar-refractivity contribution in [1.82, 2.24) is 0 Å². The van der Waals surface area contributed by atoms with E-state index in [1.165, 1.54) is 0 Å². The van der Waals surface area contributed by atoms with E-state index in [1.54, 1.807) is 11.8 Å². The van der Waals surface area contributed by atoms with Crippen LogP contribution < -0.4 is 34.5 Å². The Morgan fingerprint density at radius 3 is 2.52 bits per heavy atom. The van der Waals surface area contributed by atoms with Crippen LogP contribution in [0.2, 0.25) is 0 Å². The summed E-state index contributed by atoms with van der Waals surface area (Å²) in [6.07, 6.45) is 0.318. The molecule has 0 unspecified atom stereocenters. The van der Waals surface area contributed by atoms with Crippen LogP contribution in [0.1, 0.15) is 12.0 Å². The zero-order valence-corrected chi connectivity index (χ0v) is 16.8. The van der Waals surface area contributed by atoms with Crippen molar-refractivity contribution in [3.8, 4) is 0 Å². The summed E-state index contributed by atoms with van der Waals surface area (Å²) < 4.78 is 32.5. The number of rotatable bonds is 4. The van der Waals surface area contributed by atoms with Crippen LogP contribution in [0.25, 0.3) is 0 Å². The van der Waals surface area contributed by atoms with Crippen LogP contribution in [0.3, 0.4) is 0 Å². The van der Waals surface area contributed by atoms with Gasteiger partial charge in [0.15, 0.2) is 0 Å². The van der Waals surface area contributed by atoms with Crippen LogP contribution in [0.5, 0.6) is 0 Å². The van der Waals surface area contributed by atoms with Crippen molar-refractivity contribution in [3.05, 3.63) is 48.0 Å². The third-order valence-corrected chi connectivity index (χ3v) is 5.48. The summed E-state index contributed by atoms with van der Waals surface area (Å²) in [6, 6.07) is 14.3. The monoisotopic (exact) mass is 357 g/mol. The molecule has 0 saturated heterocycles. The number of para-hydroxylation sites is 1. The Morgan fingerprint density at radius 1 is 1.09 bits per heavy atom. The van der Waals surface area contributed by atoms with Gasteiger partial charge in [0.25, 0.3) is 0 Å². The topological polar surface area (TPSA) is 60.4 Å². The summed E-state index contributed by atoms with van der Waals surface area (Å²) in [5.74, 6) is -0.333. The van der Waals surface area contributed by atoms with Crippen LogP contribution >= 0.6 is 11.8 Å². The Kier molecular flexibility index (Phi) is 6.22. The number of aryl methyl sites for hydroxylation is 1. The van der Waals surface area contributed by atoms with E-state index < -0.39 is 10.1 Å². The van der Waals surface area contributed by atoms with Crippen LogP contribution in [0, 0.1) is 6.92 Å². The fourth-order valence-electron chi connectivity index (χ4n) is 2.58. The Hall–Kier alpha value is -0.500. The van der Waals surface area contributed by atoms with Crippen molar-refractivity contribution in [1.29, 1.82) is 0 Å². The molecule has 116 valence electrons. The first kappa shape index (κ1) is 18.8. The molecule has 0 amide bonds. The number of nitrogens with zero attached hydrogens (tertiary/aromatic N) is 1. The standard InChI is InChI=1S/C16H17NO3S2.Na/c1-12-7-8-16-14(11-12)17(9-4-10-22(18,19)20)13-5-2-3-6-15(13)21-16;/h2-3,5-8,11H,4,9-10H2,1H3,(H,18,19,20);/q;+1/p-1. The van der Waals surface area contributed by atoms with Gasteiger partial charge in [0.05, 0.1) is 21.5 Å². The van der Waals surface area contributed by atoms with Gasteiger partial charge in [-0.3, -0.25) is 0 Å². The van der Waals surface area contributed by atoms with Crippen LogP contribution in [0.4, 0.5) is 11.4 Å². The molecule has 0 atom stereocenters. The van der Waals surface area contributed by atoms with Gasteiger partial charge in [-0.25, -0.2) is 8.42 Å². The molecule has 0 N–H and O–H groups in total. The minimum absolute atomic E-state index is 0. The van der Waals surface area contributed by atoms with Crippen molar-refractivity contribution in [2.45, 2.75) is 23.1 Å². The van der Waals surface area contributed by atoms with Gasteiger partial charge in [-0.2, -0.15) is 0 Å². The zero-order valence-electron chi connectivity index (χ0n) is 13.2. The molecule has 7 heteroatoms. The smallest absolute Gasteiger partial charge is 0.748 e. The van der Waals surface area contributed by atoms with Crippen LogP contribution in [0.15, 0.2) is 52.3 Å². The van der Waals surface area contributed by atoms with Crippen molar-refractivity contribution in [2.24, 2.45) is 0 Å². The van der Waals surface area contributed by atoms with Crippen molar-refractivity contribution < 1.29 is 42.5 Å². The second-order valence-electron chi connectivity index (χ2n) is 5.31. The molecule has 4 nitrogen and oxygen atoms in total. The molecule has 1 heterocycles. The summed E-state index contributed by atoms with van der Waals surface area (Å²) in [5.41, 5.74) is 3.29. The van der Waals surface area contributed by atoms with E-state index in [4.69, 9.17) is 0 Å². The molecule has 2 aromatic rings. The van der Waals surface area contributed by atoms with Crippen molar-refractivity contribution >= 4 is 33.3 Å². The Labute approximate surface area is 163 Å². The van der Waals surface area contributed by atoms with Gasteiger partial charge in [-0.05, 0) is 43.2 Å². The summed E-state index contributed by atoms with van der Waals surface area (Å²) in [7, 11) is -4.17. The van der Waals surface area contributed by atoms with E-state index in [9.17, 15) is 13.0 Å². The van der Waals surface area contributed by atoms with E-state index in [2.05, 4.69) is 29.2 Å². The van der Waals surface area contributed by atoms with Gasteiger partial charge in [-0.1, -0.05) is 30.0 Å². The maximum absolute atomic E-state index is 10.8. The van der Waals surface area contributed by atoms with Gasteiger partial charge in [0.2, 0.25) is 0 Å². The Bertz CT molecular complexity index is 809. The number of anilines is 2. The molecular weight excluding hydrogens is 341 g/mol. The molecule has 0 spiro atoms. The summed E-state index contributed by atoms with van der Waals surface area (Å²) in [5, 5.41) is 0. The van der Waals surface area contributed by atoms with Crippen molar-refractivity contribution in [2.75, 3.05) is 17.2 Å².